The second-order valence-corrected chi connectivity index (χ2v) is 7.22. The average molecular weight is 406 g/mol. The maximum atomic E-state index is 12.3. The molecule has 0 aromatic heterocycles. The maximum absolute atomic E-state index is 12.3. The molecule has 29 heavy (non-hydrogen) atoms. The summed E-state index contributed by atoms with van der Waals surface area (Å²) in [6.07, 6.45) is 5.57. The highest BCUT2D eigenvalue weighted by Gasteiger charge is 2.40. The van der Waals surface area contributed by atoms with Crippen molar-refractivity contribution in [3.05, 3.63) is 46.9 Å². The highest BCUT2D eigenvalue weighted by atomic mass is 16.6. The molecule has 0 amide bonds. The fourth-order valence-corrected chi connectivity index (χ4v) is 3.15. The zero-order valence-corrected chi connectivity index (χ0v) is 16.8. The quantitative estimate of drug-likeness (QED) is 0.262. The van der Waals surface area contributed by atoms with Crippen LogP contribution in [0.5, 0.6) is 0 Å². The molecule has 0 radical (unpaired) electrons. The Morgan fingerprint density at radius 3 is 2.45 bits per heavy atom. The van der Waals surface area contributed by atoms with E-state index in [0.29, 0.717) is 5.56 Å². The Balaban J connectivity index is 1.84. The van der Waals surface area contributed by atoms with E-state index in [1.165, 1.54) is 37.7 Å². The molecule has 0 bridgehead atoms. The first-order valence-electron chi connectivity index (χ1n) is 10.2. The van der Waals surface area contributed by atoms with Crippen LogP contribution in [0.1, 0.15) is 61.4 Å². The van der Waals surface area contributed by atoms with Gasteiger partial charge in [-0.2, -0.15) is 0 Å². The van der Waals surface area contributed by atoms with Crippen molar-refractivity contribution in [3.8, 4) is 0 Å². The minimum atomic E-state index is -1.45. The minimum absolute atomic E-state index is 0.340. The van der Waals surface area contributed by atoms with E-state index in [0.717, 1.165) is 12.8 Å². The molecule has 1 aromatic carbocycles. The molecule has 160 valence electrons. The van der Waals surface area contributed by atoms with Gasteiger partial charge >= 0.3 is 5.97 Å². The van der Waals surface area contributed by atoms with Crippen LogP contribution < -0.4 is 0 Å². The van der Waals surface area contributed by atoms with Crippen molar-refractivity contribution in [3.63, 3.8) is 0 Å². The van der Waals surface area contributed by atoms with Gasteiger partial charge < -0.3 is 24.8 Å². The summed E-state index contributed by atoms with van der Waals surface area (Å²) in [4.78, 5) is 23.8. The third kappa shape index (κ3) is 6.58. The zero-order chi connectivity index (χ0) is 21.2. The molecule has 1 heterocycles. The van der Waals surface area contributed by atoms with Crippen LogP contribution in [0.3, 0.4) is 0 Å². The number of carbonyl (C=O) groups is 2. The van der Waals surface area contributed by atoms with E-state index in [2.05, 4.69) is 6.92 Å². The van der Waals surface area contributed by atoms with Gasteiger partial charge in [-0.3, -0.25) is 4.79 Å². The Morgan fingerprint density at radius 2 is 1.79 bits per heavy atom. The van der Waals surface area contributed by atoms with E-state index in [1.807, 2.05) is 12.1 Å². The Morgan fingerprint density at radius 1 is 1.14 bits per heavy atom. The predicted octanol–water partition coefficient (Wildman–Crippen LogP) is 2.84. The van der Waals surface area contributed by atoms with E-state index in [-0.39, 0.29) is 11.5 Å². The smallest absolute Gasteiger partial charge is 0.378 e. The van der Waals surface area contributed by atoms with Crippen molar-refractivity contribution < 1.29 is 34.4 Å². The number of cyclic esters (lactones) is 1. The predicted molar refractivity (Wildman–Crippen MR) is 106 cm³/mol. The van der Waals surface area contributed by atoms with E-state index < -0.39 is 37.2 Å². The molecule has 0 aliphatic carbocycles. The van der Waals surface area contributed by atoms with Crippen LogP contribution in [0, 0.1) is 0 Å². The standard InChI is InChI=1S/C22H30O7/c1-2-3-4-5-6-7-8-15-9-11-16(12-10-15)18(25)14-28-21-19(26)22(27)29-20(21)17(24)13-23/h9-12,17,20,23-24,26H,2-8,13-14H2,1H3/t17-,20+/m0/s1. The van der Waals surface area contributed by atoms with Gasteiger partial charge in [-0.1, -0.05) is 63.3 Å². The molecule has 0 saturated carbocycles. The number of Topliss-reactive ketones (excluding diaryl/α,β-unsaturated/α-hetero) is 1. The fourth-order valence-electron chi connectivity index (χ4n) is 3.15. The Hall–Kier alpha value is -2.38. The highest BCUT2D eigenvalue weighted by Crippen LogP contribution is 2.25. The van der Waals surface area contributed by atoms with E-state index >= 15 is 0 Å². The molecule has 0 fully saturated rings. The van der Waals surface area contributed by atoms with Gasteiger partial charge in [0.25, 0.3) is 0 Å². The highest BCUT2D eigenvalue weighted by molar-refractivity contribution is 5.97. The number of aryl methyl sites for hydroxylation is 1. The topological polar surface area (TPSA) is 113 Å². The lowest BCUT2D eigenvalue weighted by Gasteiger charge is -2.18. The molecule has 0 unspecified atom stereocenters. The molecule has 1 aromatic rings. The van der Waals surface area contributed by atoms with Gasteiger partial charge in [-0.15, -0.1) is 0 Å². The number of hydrogen-bond donors (Lipinski definition) is 3. The summed E-state index contributed by atoms with van der Waals surface area (Å²) >= 11 is 0. The lowest BCUT2D eigenvalue weighted by atomic mass is 10.0. The average Bonchev–Trinajstić information content (AvgIpc) is 3.02. The number of ether oxygens (including phenoxy) is 2. The number of carbonyl (C=O) groups excluding carboxylic acids is 2. The van der Waals surface area contributed by atoms with E-state index in [1.54, 1.807) is 12.1 Å². The summed E-state index contributed by atoms with van der Waals surface area (Å²) in [5.41, 5.74) is 1.61. The summed E-state index contributed by atoms with van der Waals surface area (Å²) < 4.78 is 9.99. The third-order valence-electron chi connectivity index (χ3n) is 4.91. The number of esters is 1. The van der Waals surface area contributed by atoms with E-state index in [4.69, 9.17) is 14.6 Å². The lowest BCUT2D eigenvalue weighted by molar-refractivity contribution is -0.148. The van der Waals surface area contributed by atoms with Crippen molar-refractivity contribution in [2.45, 2.75) is 64.1 Å². The molecule has 1 aliphatic heterocycles. The first kappa shape index (κ1) is 22.9. The van der Waals surface area contributed by atoms with Crippen LogP contribution in [-0.4, -0.2) is 52.5 Å². The second-order valence-electron chi connectivity index (χ2n) is 7.22. The van der Waals surface area contributed by atoms with Gasteiger partial charge in [-0.25, -0.2) is 4.79 Å². The number of benzene rings is 1. The van der Waals surface area contributed by atoms with Crippen LogP contribution in [0.25, 0.3) is 0 Å². The SMILES string of the molecule is CCCCCCCCc1ccc(C(=O)COC2=C(O)C(=O)O[C@@H]2[C@@H](O)CO)cc1. The van der Waals surface area contributed by atoms with Gasteiger partial charge in [0.05, 0.1) is 6.61 Å². The number of ketones is 1. The normalized spacial score (nSPS) is 17.3. The van der Waals surface area contributed by atoms with Crippen molar-refractivity contribution in [1.29, 1.82) is 0 Å². The number of hydrogen-bond acceptors (Lipinski definition) is 7. The molecule has 0 saturated heterocycles. The fraction of sp³-hybridized carbons (Fsp3) is 0.545. The van der Waals surface area contributed by atoms with Crippen molar-refractivity contribution in [2.75, 3.05) is 13.2 Å². The molecule has 7 heteroatoms. The van der Waals surface area contributed by atoms with Gasteiger partial charge in [0, 0.05) is 5.56 Å². The van der Waals surface area contributed by atoms with Crippen molar-refractivity contribution in [1.82, 2.24) is 0 Å². The van der Waals surface area contributed by atoms with Crippen molar-refractivity contribution >= 4 is 11.8 Å². The van der Waals surface area contributed by atoms with Crippen LogP contribution in [0.4, 0.5) is 0 Å². The monoisotopic (exact) mass is 406 g/mol. The van der Waals surface area contributed by atoms with E-state index in [9.17, 15) is 19.8 Å². The summed E-state index contributed by atoms with van der Waals surface area (Å²) in [5.74, 6) is -2.55. The van der Waals surface area contributed by atoms with Crippen LogP contribution in [-0.2, 0) is 20.7 Å². The molecule has 3 N–H and O–H groups in total. The van der Waals surface area contributed by atoms with Crippen molar-refractivity contribution in [2.24, 2.45) is 0 Å². The van der Waals surface area contributed by atoms with Crippen LogP contribution >= 0.6 is 0 Å². The van der Waals surface area contributed by atoms with Crippen LogP contribution in [0.2, 0.25) is 0 Å². The maximum Gasteiger partial charge on any atom is 0.378 e. The Bertz CT molecular complexity index is 708. The Kier molecular flexibility index (Phi) is 9.15. The minimum Gasteiger partial charge on any atom is -0.499 e. The Labute approximate surface area is 171 Å². The number of unbranched alkanes of at least 4 members (excludes halogenated alkanes) is 5. The molecule has 1 aliphatic rings. The molecular formula is C22H30O7. The lowest BCUT2D eigenvalue weighted by Crippen LogP contribution is -2.33. The summed E-state index contributed by atoms with van der Waals surface area (Å²) in [5, 5.41) is 28.4. The zero-order valence-electron chi connectivity index (χ0n) is 16.8. The molecule has 2 rings (SSSR count). The van der Waals surface area contributed by atoms with Gasteiger partial charge in [0.1, 0.15) is 6.10 Å². The van der Waals surface area contributed by atoms with Gasteiger partial charge in [0.15, 0.2) is 24.3 Å². The summed E-state index contributed by atoms with van der Waals surface area (Å²) in [6.45, 7) is 1.08. The van der Waals surface area contributed by atoms with Gasteiger partial charge in [-0.05, 0) is 18.4 Å². The molecule has 2 atom stereocenters. The molecule has 7 nitrogen and oxygen atoms in total. The third-order valence-corrected chi connectivity index (χ3v) is 4.91. The second kappa shape index (κ2) is 11.6. The number of aliphatic hydroxyl groups excluding tert-OH is 3. The largest absolute Gasteiger partial charge is 0.499 e. The molecular weight excluding hydrogens is 376 g/mol. The molecule has 0 spiro atoms. The summed E-state index contributed by atoms with van der Waals surface area (Å²) in [6, 6.07) is 7.28. The summed E-state index contributed by atoms with van der Waals surface area (Å²) in [7, 11) is 0. The first-order chi connectivity index (χ1) is 14.0. The first-order valence-corrected chi connectivity index (χ1v) is 10.2. The van der Waals surface area contributed by atoms with Crippen LogP contribution in [0.15, 0.2) is 35.8 Å². The number of rotatable bonds is 13. The number of aliphatic hydroxyl groups is 3. The van der Waals surface area contributed by atoms with Gasteiger partial charge in [0.2, 0.25) is 5.76 Å².